The van der Waals surface area contributed by atoms with Gasteiger partial charge >= 0.3 is 0 Å². The Labute approximate surface area is 128 Å². The van der Waals surface area contributed by atoms with Gasteiger partial charge in [-0.25, -0.2) is 0 Å². The monoisotopic (exact) mass is 330 g/mol. The number of nitrogen functional groups attached to an aromatic ring is 1. The molecule has 3 heteroatoms. The second-order valence-corrected chi connectivity index (χ2v) is 6.41. The third-order valence-corrected chi connectivity index (χ3v) is 4.65. The molecule has 1 fully saturated rings. The third kappa shape index (κ3) is 2.68. The van der Waals surface area contributed by atoms with Crippen molar-refractivity contribution in [1.82, 2.24) is 0 Å². The molecule has 1 aliphatic rings. The average Bonchev–Trinajstić information content (AvgIpc) is 2.88. The Morgan fingerprint density at radius 1 is 1.20 bits per heavy atom. The van der Waals surface area contributed by atoms with Crippen molar-refractivity contribution in [1.29, 1.82) is 0 Å². The largest absolute Gasteiger partial charge is 0.399 e. The molecule has 1 unspecified atom stereocenters. The second kappa shape index (κ2) is 5.49. The number of hydrogen-bond donors (Lipinski definition) is 1. The summed E-state index contributed by atoms with van der Waals surface area (Å²) >= 11 is 3.68. The van der Waals surface area contributed by atoms with E-state index in [0.717, 1.165) is 18.8 Å². The molecule has 2 N–H and O–H groups in total. The highest BCUT2D eigenvalue weighted by Crippen LogP contribution is 2.35. The number of aryl methyl sites for hydroxylation is 1. The molecule has 0 radical (unpaired) electrons. The molecule has 1 heterocycles. The maximum absolute atomic E-state index is 5.89. The molecule has 0 spiro atoms. The summed E-state index contributed by atoms with van der Waals surface area (Å²) in [5, 5.41) is 0. The van der Waals surface area contributed by atoms with Crippen LogP contribution in [0.5, 0.6) is 0 Å². The van der Waals surface area contributed by atoms with Gasteiger partial charge in [-0.1, -0.05) is 18.2 Å². The molecule has 0 saturated carbocycles. The highest BCUT2D eigenvalue weighted by Gasteiger charge is 2.25. The van der Waals surface area contributed by atoms with Gasteiger partial charge < -0.3 is 10.6 Å². The highest BCUT2D eigenvalue weighted by molar-refractivity contribution is 9.10. The number of hydrogen-bond acceptors (Lipinski definition) is 2. The Morgan fingerprint density at radius 2 is 2.05 bits per heavy atom. The van der Waals surface area contributed by atoms with Gasteiger partial charge in [-0.3, -0.25) is 0 Å². The number of rotatable bonds is 2. The first-order valence-corrected chi connectivity index (χ1v) is 7.79. The summed E-state index contributed by atoms with van der Waals surface area (Å²) in [5.41, 5.74) is 10.7. The van der Waals surface area contributed by atoms with E-state index in [0.29, 0.717) is 5.92 Å². The fourth-order valence-corrected chi connectivity index (χ4v) is 3.68. The molecule has 2 aromatic carbocycles. The SMILES string of the molecule is Cc1ccc(N2CCC(c3cccc(N)c3)C2)c(Br)c1. The fraction of sp³-hybridized carbons (Fsp3) is 0.294. The van der Waals surface area contributed by atoms with E-state index in [1.165, 1.54) is 27.7 Å². The number of halogens is 1. The van der Waals surface area contributed by atoms with E-state index in [1.807, 2.05) is 6.07 Å². The van der Waals surface area contributed by atoms with Gasteiger partial charge in [0.15, 0.2) is 0 Å². The molecule has 2 aromatic rings. The van der Waals surface area contributed by atoms with Crippen LogP contribution in [0.3, 0.4) is 0 Å². The maximum Gasteiger partial charge on any atom is 0.0511 e. The lowest BCUT2D eigenvalue weighted by atomic mass is 9.98. The van der Waals surface area contributed by atoms with Gasteiger partial charge in [-0.2, -0.15) is 0 Å². The van der Waals surface area contributed by atoms with Crippen molar-refractivity contribution in [2.75, 3.05) is 23.7 Å². The maximum atomic E-state index is 5.89. The molecule has 0 amide bonds. The number of benzene rings is 2. The second-order valence-electron chi connectivity index (χ2n) is 5.56. The van der Waals surface area contributed by atoms with E-state index >= 15 is 0 Å². The predicted octanol–water partition coefficient (Wildman–Crippen LogP) is 4.33. The summed E-state index contributed by atoms with van der Waals surface area (Å²) in [4.78, 5) is 2.46. The molecule has 104 valence electrons. The molecule has 1 aliphatic heterocycles. The third-order valence-electron chi connectivity index (χ3n) is 4.01. The van der Waals surface area contributed by atoms with Gasteiger partial charge in [0.2, 0.25) is 0 Å². The van der Waals surface area contributed by atoms with Crippen molar-refractivity contribution in [3.63, 3.8) is 0 Å². The molecule has 1 atom stereocenters. The Morgan fingerprint density at radius 3 is 2.80 bits per heavy atom. The highest BCUT2D eigenvalue weighted by atomic mass is 79.9. The summed E-state index contributed by atoms with van der Waals surface area (Å²) in [6.45, 7) is 4.28. The first-order valence-electron chi connectivity index (χ1n) is 7.00. The standard InChI is InChI=1S/C17H19BrN2/c1-12-5-6-17(16(18)9-12)20-8-7-14(11-20)13-3-2-4-15(19)10-13/h2-6,9-10,14H,7-8,11,19H2,1H3. The van der Waals surface area contributed by atoms with E-state index in [9.17, 15) is 0 Å². The van der Waals surface area contributed by atoms with Gasteiger partial charge in [0, 0.05) is 29.2 Å². The van der Waals surface area contributed by atoms with Crippen molar-refractivity contribution in [2.24, 2.45) is 0 Å². The van der Waals surface area contributed by atoms with Crippen molar-refractivity contribution in [2.45, 2.75) is 19.3 Å². The minimum atomic E-state index is 0.576. The van der Waals surface area contributed by atoms with E-state index in [1.54, 1.807) is 0 Å². The van der Waals surface area contributed by atoms with Crippen LogP contribution in [0.15, 0.2) is 46.9 Å². The summed E-state index contributed by atoms with van der Waals surface area (Å²) in [7, 11) is 0. The Balaban J connectivity index is 1.79. The van der Waals surface area contributed by atoms with Crippen LogP contribution in [0.25, 0.3) is 0 Å². The molecule has 20 heavy (non-hydrogen) atoms. The van der Waals surface area contributed by atoms with Crippen molar-refractivity contribution >= 4 is 27.3 Å². The van der Waals surface area contributed by atoms with Crippen molar-refractivity contribution in [3.05, 3.63) is 58.1 Å². The van der Waals surface area contributed by atoms with Crippen LogP contribution in [-0.2, 0) is 0 Å². The van der Waals surface area contributed by atoms with E-state index in [4.69, 9.17) is 5.73 Å². The smallest absolute Gasteiger partial charge is 0.0511 e. The van der Waals surface area contributed by atoms with Crippen LogP contribution in [0.1, 0.15) is 23.5 Å². The summed E-state index contributed by atoms with van der Waals surface area (Å²) in [6.07, 6.45) is 1.18. The van der Waals surface area contributed by atoms with Crippen LogP contribution < -0.4 is 10.6 Å². The molecule has 0 aliphatic carbocycles. The predicted molar refractivity (Wildman–Crippen MR) is 89.3 cm³/mol. The molecule has 1 saturated heterocycles. The van der Waals surface area contributed by atoms with E-state index < -0.39 is 0 Å². The van der Waals surface area contributed by atoms with Gasteiger partial charge in [0.1, 0.15) is 0 Å². The quantitative estimate of drug-likeness (QED) is 0.830. The first kappa shape index (κ1) is 13.5. The normalized spacial score (nSPS) is 18.5. The molecular formula is C17H19BrN2. The first-order chi connectivity index (χ1) is 9.63. The zero-order valence-electron chi connectivity index (χ0n) is 11.6. The molecule has 3 rings (SSSR count). The Hall–Kier alpha value is -1.48. The van der Waals surface area contributed by atoms with Gasteiger partial charge in [-0.05, 0) is 64.7 Å². The zero-order valence-corrected chi connectivity index (χ0v) is 13.2. The summed E-state index contributed by atoms with van der Waals surface area (Å²) in [5.74, 6) is 0.576. The number of nitrogens with zero attached hydrogens (tertiary/aromatic N) is 1. The number of anilines is 2. The zero-order chi connectivity index (χ0) is 14.1. The van der Waals surface area contributed by atoms with Gasteiger partial charge in [0.05, 0.1) is 5.69 Å². The topological polar surface area (TPSA) is 29.3 Å². The van der Waals surface area contributed by atoms with Crippen molar-refractivity contribution < 1.29 is 0 Å². The van der Waals surface area contributed by atoms with Crippen LogP contribution >= 0.6 is 15.9 Å². The van der Waals surface area contributed by atoms with Crippen LogP contribution in [0.2, 0.25) is 0 Å². The fourth-order valence-electron chi connectivity index (χ4n) is 2.93. The number of nitrogens with two attached hydrogens (primary N) is 1. The molecular weight excluding hydrogens is 312 g/mol. The van der Waals surface area contributed by atoms with Gasteiger partial charge in [-0.15, -0.1) is 0 Å². The summed E-state index contributed by atoms with van der Waals surface area (Å²) in [6, 6.07) is 14.9. The minimum Gasteiger partial charge on any atom is -0.399 e. The van der Waals surface area contributed by atoms with Crippen LogP contribution in [0.4, 0.5) is 11.4 Å². The molecule has 0 bridgehead atoms. The van der Waals surface area contributed by atoms with E-state index in [-0.39, 0.29) is 0 Å². The van der Waals surface area contributed by atoms with Crippen molar-refractivity contribution in [3.8, 4) is 0 Å². The van der Waals surface area contributed by atoms with Gasteiger partial charge in [0.25, 0.3) is 0 Å². The minimum absolute atomic E-state index is 0.576. The van der Waals surface area contributed by atoms with Crippen LogP contribution in [0, 0.1) is 6.92 Å². The van der Waals surface area contributed by atoms with Crippen LogP contribution in [-0.4, -0.2) is 13.1 Å². The lowest BCUT2D eigenvalue weighted by Gasteiger charge is -2.20. The lowest BCUT2D eigenvalue weighted by molar-refractivity contribution is 0.775. The Kier molecular flexibility index (Phi) is 3.70. The average molecular weight is 331 g/mol. The van der Waals surface area contributed by atoms with E-state index in [2.05, 4.69) is 64.2 Å². The molecule has 2 nitrogen and oxygen atoms in total. The Bertz CT molecular complexity index is 624. The molecule has 0 aromatic heterocycles. The lowest BCUT2D eigenvalue weighted by Crippen LogP contribution is -2.19. The summed E-state index contributed by atoms with van der Waals surface area (Å²) < 4.78 is 1.19.